The third-order valence-electron chi connectivity index (χ3n) is 2.68. The van der Waals surface area contributed by atoms with Gasteiger partial charge in [-0.05, 0) is 24.6 Å². The molecule has 0 amide bonds. The lowest BCUT2D eigenvalue weighted by atomic mass is 10.2. The highest BCUT2D eigenvalue weighted by atomic mass is 32.2. The summed E-state index contributed by atoms with van der Waals surface area (Å²) in [5.74, 6) is 0.623. The average Bonchev–Trinajstić information content (AvgIpc) is 2.83. The van der Waals surface area contributed by atoms with Crippen molar-refractivity contribution < 1.29 is 8.42 Å². The number of sulfonamides is 1. The maximum absolute atomic E-state index is 12.2. The number of nitrogens with zero attached hydrogens (tertiary/aromatic N) is 1. The van der Waals surface area contributed by atoms with Crippen molar-refractivity contribution in [1.29, 1.82) is 0 Å². The lowest BCUT2D eigenvalue weighted by molar-refractivity contribution is 0.598. The van der Waals surface area contributed by atoms with E-state index in [1.54, 1.807) is 12.1 Å². The van der Waals surface area contributed by atoms with Crippen LogP contribution in [0.5, 0.6) is 0 Å². The highest BCUT2D eigenvalue weighted by Gasteiger charge is 2.18. The summed E-state index contributed by atoms with van der Waals surface area (Å²) < 4.78 is 26.8. The molecule has 0 aliphatic heterocycles. The Morgan fingerprint density at radius 2 is 2.16 bits per heavy atom. The van der Waals surface area contributed by atoms with Crippen molar-refractivity contribution in [2.45, 2.75) is 25.3 Å². The Labute approximate surface area is 112 Å². The molecule has 0 unspecified atom stereocenters. The van der Waals surface area contributed by atoms with Crippen LogP contribution >= 0.6 is 0 Å². The number of hydrogen-bond donors (Lipinski definition) is 3. The first-order chi connectivity index (χ1) is 8.92. The van der Waals surface area contributed by atoms with E-state index in [1.165, 1.54) is 6.20 Å². The maximum Gasteiger partial charge on any atom is 0.279 e. The predicted molar refractivity (Wildman–Crippen MR) is 74.4 cm³/mol. The van der Waals surface area contributed by atoms with Crippen molar-refractivity contribution in [2.24, 2.45) is 0 Å². The van der Waals surface area contributed by atoms with E-state index < -0.39 is 10.0 Å². The summed E-state index contributed by atoms with van der Waals surface area (Å²) in [6.07, 6.45) is 1.94. The number of anilines is 2. The minimum Gasteiger partial charge on any atom is -0.397 e. The summed E-state index contributed by atoms with van der Waals surface area (Å²) in [6.45, 7) is 3.75. The van der Waals surface area contributed by atoms with E-state index in [0.717, 1.165) is 5.56 Å². The Morgan fingerprint density at radius 3 is 2.79 bits per heavy atom. The summed E-state index contributed by atoms with van der Waals surface area (Å²) >= 11 is 0. The smallest absolute Gasteiger partial charge is 0.279 e. The van der Waals surface area contributed by atoms with E-state index in [1.807, 2.05) is 19.9 Å². The second-order valence-electron chi connectivity index (χ2n) is 4.24. The summed E-state index contributed by atoms with van der Waals surface area (Å²) in [5, 5.41) is 0.0326. The molecule has 0 radical (unpaired) electrons. The molecule has 2 aromatic rings. The lowest BCUT2D eigenvalue weighted by Crippen LogP contribution is -2.14. The van der Waals surface area contributed by atoms with Gasteiger partial charge in [0.25, 0.3) is 10.0 Å². The molecule has 0 saturated carbocycles. The van der Waals surface area contributed by atoms with E-state index in [4.69, 9.17) is 5.73 Å². The van der Waals surface area contributed by atoms with Gasteiger partial charge in [-0.1, -0.05) is 13.0 Å². The number of imidazole rings is 1. The first kappa shape index (κ1) is 13.4. The van der Waals surface area contributed by atoms with Crippen molar-refractivity contribution in [3.8, 4) is 0 Å². The highest BCUT2D eigenvalue weighted by molar-refractivity contribution is 7.92. The molecule has 0 atom stereocenters. The van der Waals surface area contributed by atoms with Crippen LogP contribution in [-0.2, 0) is 16.4 Å². The molecule has 7 heteroatoms. The van der Waals surface area contributed by atoms with Crippen molar-refractivity contribution in [3.63, 3.8) is 0 Å². The molecular formula is C12H16N4O2S. The molecule has 1 heterocycles. The number of hydrogen-bond acceptors (Lipinski definition) is 4. The highest BCUT2D eigenvalue weighted by Crippen LogP contribution is 2.22. The van der Waals surface area contributed by atoms with Crippen LogP contribution in [0, 0.1) is 6.92 Å². The van der Waals surface area contributed by atoms with Crippen LogP contribution in [0.3, 0.4) is 0 Å². The normalized spacial score (nSPS) is 11.5. The Kier molecular flexibility index (Phi) is 3.48. The number of rotatable bonds is 4. The van der Waals surface area contributed by atoms with Gasteiger partial charge >= 0.3 is 0 Å². The fourth-order valence-corrected chi connectivity index (χ4v) is 2.64. The molecule has 102 valence electrons. The van der Waals surface area contributed by atoms with Gasteiger partial charge < -0.3 is 10.7 Å². The summed E-state index contributed by atoms with van der Waals surface area (Å²) in [5.41, 5.74) is 7.42. The van der Waals surface area contributed by atoms with E-state index in [0.29, 0.717) is 23.6 Å². The number of nitrogens with two attached hydrogens (primary N) is 1. The molecule has 2 rings (SSSR count). The van der Waals surface area contributed by atoms with Crippen LogP contribution in [0.4, 0.5) is 11.4 Å². The van der Waals surface area contributed by atoms with Gasteiger partial charge in [-0.25, -0.2) is 4.98 Å². The quantitative estimate of drug-likeness (QED) is 0.741. The first-order valence-electron chi connectivity index (χ1n) is 5.85. The summed E-state index contributed by atoms with van der Waals surface area (Å²) in [7, 11) is -3.69. The molecule has 0 fully saturated rings. The average molecular weight is 280 g/mol. The van der Waals surface area contributed by atoms with Crippen molar-refractivity contribution in [2.75, 3.05) is 10.5 Å². The standard InChI is InChI=1S/C12H16N4O2S/c1-3-11-14-7-12(15-11)19(17,18)16-10-6-8(2)4-5-9(10)13/h4-7,16H,3,13H2,1-2H3,(H,14,15). The van der Waals surface area contributed by atoms with E-state index in [9.17, 15) is 8.42 Å². The molecule has 0 aliphatic carbocycles. The van der Waals surface area contributed by atoms with Crippen LogP contribution in [0.15, 0.2) is 29.4 Å². The Balaban J connectivity index is 2.33. The topological polar surface area (TPSA) is 101 Å². The second-order valence-corrected chi connectivity index (χ2v) is 5.89. The van der Waals surface area contributed by atoms with Crippen molar-refractivity contribution in [3.05, 3.63) is 35.8 Å². The van der Waals surface area contributed by atoms with Gasteiger partial charge in [0.2, 0.25) is 0 Å². The largest absolute Gasteiger partial charge is 0.397 e. The van der Waals surface area contributed by atoms with Crippen LogP contribution < -0.4 is 10.5 Å². The number of aromatic nitrogens is 2. The molecule has 4 N–H and O–H groups in total. The lowest BCUT2D eigenvalue weighted by Gasteiger charge is -2.09. The van der Waals surface area contributed by atoms with Gasteiger partial charge in [-0.15, -0.1) is 0 Å². The number of H-pyrrole nitrogens is 1. The number of aromatic amines is 1. The third-order valence-corrected chi connectivity index (χ3v) is 3.96. The van der Waals surface area contributed by atoms with E-state index >= 15 is 0 Å². The van der Waals surface area contributed by atoms with E-state index in [2.05, 4.69) is 14.7 Å². The Hall–Kier alpha value is -2.02. The fraction of sp³-hybridized carbons (Fsp3) is 0.250. The summed E-state index contributed by atoms with van der Waals surface area (Å²) in [6, 6.07) is 5.17. The van der Waals surface area contributed by atoms with Crippen LogP contribution in [-0.4, -0.2) is 18.4 Å². The van der Waals surface area contributed by atoms with Crippen LogP contribution in [0.25, 0.3) is 0 Å². The van der Waals surface area contributed by atoms with Gasteiger partial charge in [-0.2, -0.15) is 8.42 Å². The zero-order valence-electron chi connectivity index (χ0n) is 10.8. The van der Waals surface area contributed by atoms with Crippen molar-refractivity contribution in [1.82, 2.24) is 9.97 Å². The minimum atomic E-state index is -3.69. The molecule has 0 aliphatic rings. The predicted octanol–water partition coefficient (Wildman–Crippen LogP) is 1.66. The number of aryl methyl sites for hydroxylation is 2. The number of nitrogen functional groups attached to an aromatic ring is 1. The molecular weight excluding hydrogens is 264 g/mol. The number of nitrogens with one attached hydrogen (secondary N) is 2. The van der Waals surface area contributed by atoms with Gasteiger partial charge in [0.1, 0.15) is 5.82 Å². The van der Waals surface area contributed by atoms with Crippen LogP contribution in [0.2, 0.25) is 0 Å². The van der Waals surface area contributed by atoms with Gasteiger partial charge in [0.15, 0.2) is 5.03 Å². The first-order valence-corrected chi connectivity index (χ1v) is 7.33. The Morgan fingerprint density at radius 1 is 1.42 bits per heavy atom. The number of benzene rings is 1. The van der Waals surface area contributed by atoms with E-state index in [-0.39, 0.29) is 5.03 Å². The zero-order valence-corrected chi connectivity index (χ0v) is 11.6. The molecule has 0 bridgehead atoms. The van der Waals surface area contributed by atoms with Gasteiger partial charge in [0.05, 0.1) is 17.6 Å². The third kappa shape index (κ3) is 2.87. The maximum atomic E-state index is 12.2. The molecule has 0 spiro atoms. The molecule has 1 aromatic carbocycles. The summed E-state index contributed by atoms with van der Waals surface area (Å²) in [4.78, 5) is 6.73. The molecule has 6 nitrogen and oxygen atoms in total. The Bertz CT molecular complexity index is 692. The van der Waals surface area contributed by atoms with Gasteiger partial charge in [0, 0.05) is 6.42 Å². The molecule has 1 aromatic heterocycles. The molecule has 0 saturated heterocycles. The molecule has 19 heavy (non-hydrogen) atoms. The van der Waals surface area contributed by atoms with Gasteiger partial charge in [-0.3, -0.25) is 4.72 Å². The zero-order chi connectivity index (χ0) is 14.0. The van der Waals surface area contributed by atoms with Crippen LogP contribution in [0.1, 0.15) is 18.3 Å². The SMILES string of the molecule is CCc1ncc(S(=O)(=O)Nc2cc(C)ccc2N)[nH]1. The van der Waals surface area contributed by atoms with Crippen molar-refractivity contribution >= 4 is 21.4 Å². The second kappa shape index (κ2) is 4.93. The fourth-order valence-electron chi connectivity index (χ4n) is 1.62. The minimum absolute atomic E-state index is 0.0326. The monoisotopic (exact) mass is 280 g/mol.